The van der Waals surface area contributed by atoms with Crippen LogP contribution in [0.3, 0.4) is 0 Å². The van der Waals surface area contributed by atoms with Gasteiger partial charge in [-0.3, -0.25) is 4.31 Å². The molecule has 0 bridgehead atoms. The Labute approximate surface area is 169 Å². The molecule has 0 aliphatic carbocycles. The Hall–Kier alpha value is -3.33. The zero-order chi connectivity index (χ0) is 21.8. The summed E-state index contributed by atoms with van der Waals surface area (Å²) in [5, 5.41) is 8.81. The van der Waals surface area contributed by atoms with Gasteiger partial charge in [0, 0.05) is 13.1 Å². The van der Waals surface area contributed by atoms with Crippen molar-refractivity contribution < 1.29 is 32.6 Å². The largest absolute Gasteiger partial charge is 0.497 e. The fourth-order valence-electron chi connectivity index (χ4n) is 2.78. The van der Waals surface area contributed by atoms with Crippen molar-refractivity contribution in [3.8, 4) is 5.75 Å². The molecular weight excluding hydrogens is 398 g/mol. The lowest BCUT2D eigenvalue weighted by Gasteiger charge is -2.24. The van der Waals surface area contributed by atoms with Crippen LogP contribution in [0.25, 0.3) is 6.08 Å². The molecule has 9 heteroatoms. The maximum atomic E-state index is 13.1. The molecule has 154 valence electrons. The molecular formula is C20H21NO7S. The Balaban J connectivity index is 2.61. The van der Waals surface area contributed by atoms with Crippen molar-refractivity contribution in [2.24, 2.45) is 0 Å². The zero-order valence-electron chi connectivity index (χ0n) is 16.4. The van der Waals surface area contributed by atoms with Crippen molar-refractivity contribution >= 4 is 33.7 Å². The van der Waals surface area contributed by atoms with Crippen molar-refractivity contribution in [2.45, 2.75) is 11.8 Å². The Morgan fingerprint density at radius 3 is 2.24 bits per heavy atom. The number of hydrogen-bond acceptors (Lipinski definition) is 6. The van der Waals surface area contributed by atoms with Crippen LogP contribution in [0.2, 0.25) is 0 Å². The van der Waals surface area contributed by atoms with Crippen molar-refractivity contribution in [1.29, 1.82) is 0 Å². The number of nitrogens with zero attached hydrogens (tertiary/aromatic N) is 1. The van der Waals surface area contributed by atoms with Gasteiger partial charge in [-0.1, -0.05) is 0 Å². The second kappa shape index (κ2) is 8.78. The minimum Gasteiger partial charge on any atom is -0.497 e. The molecule has 0 amide bonds. The monoisotopic (exact) mass is 419 g/mol. The van der Waals surface area contributed by atoms with E-state index in [1.807, 2.05) is 0 Å². The highest BCUT2D eigenvalue weighted by molar-refractivity contribution is 7.92. The van der Waals surface area contributed by atoms with Crippen LogP contribution >= 0.6 is 0 Å². The number of rotatable bonds is 7. The van der Waals surface area contributed by atoms with E-state index in [9.17, 15) is 18.0 Å². The SMILES string of the molecule is COC(=O)c1cc(C=CC(=O)O)cc(C)c1N(C)S(=O)(=O)c1ccc(OC)cc1. The first-order valence-electron chi connectivity index (χ1n) is 8.38. The highest BCUT2D eigenvalue weighted by Crippen LogP contribution is 2.32. The highest BCUT2D eigenvalue weighted by atomic mass is 32.2. The van der Waals surface area contributed by atoms with Crippen LogP contribution in [0.4, 0.5) is 5.69 Å². The smallest absolute Gasteiger partial charge is 0.340 e. The van der Waals surface area contributed by atoms with Gasteiger partial charge in [-0.2, -0.15) is 0 Å². The van der Waals surface area contributed by atoms with E-state index in [0.29, 0.717) is 16.9 Å². The summed E-state index contributed by atoms with van der Waals surface area (Å²) in [6.07, 6.45) is 2.23. The van der Waals surface area contributed by atoms with Gasteiger partial charge in [0.05, 0.1) is 30.4 Å². The van der Waals surface area contributed by atoms with E-state index in [1.54, 1.807) is 13.0 Å². The number of methoxy groups -OCH3 is 2. The van der Waals surface area contributed by atoms with Gasteiger partial charge in [-0.15, -0.1) is 0 Å². The Bertz CT molecular complexity index is 1060. The number of carboxylic acid groups (broad SMARTS) is 1. The fourth-order valence-corrected chi connectivity index (χ4v) is 4.06. The number of aliphatic carboxylic acids is 1. The molecule has 0 aliphatic rings. The van der Waals surface area contributed by atoms with E-state index in [0.717, 1.165) is 10.4 Å². The average molecular weight is 419 g/mol. The molecule has 29 heavy (non-hydrogen) atoms. The van der Waals surface area contributed by atoms with Crippen LogP contribution < -0.4 is 9.04 Å². The van der Waals surface area contributed by atoms with Gasteiger partial charge in [0.1, 0.15) is 5.75 Å². The molecule has 0 spiro atoms. The van der Waals surface area contributed by atoms with E-state index in [2.05, 4.69) is 0 Å². The third-order valence-corrected chi connectivity index (χ3v) is 5.95. The fraction of sp³-hybridized carbons (Fsp3) is 0.200. The lowest BCUT2D eigenvalue weighted by Crippen LogP contribution is -2.29. The number of carbonyl (C=O) groups excluding carboxylic acids is 1. The molecule has 0 atom stereocenters. The highest BCUT2D eigenvalue weighted by Gasteiger charge is 2.27. The number of esters is 1. The van der Waals surface area contributed by atoms with Crippen LogP contribution in [0.1, 0.15) is 21.5 Å². The van der Waals surface area contributed by atoms with E-state index >= 15 is 0 Å². The number of anilines is 1. The van der Waals surface area contributed by atoms with Gasteiger partial charge in [0.2, 0.25) is 0 Å². The van der Waals surface area contributed by atoms with Crippen LogP contribution in [-0.2, 0) is 19.6 Å². The third-order valence-electron chi connectivity index (χ3n) is 4.18. The summed E-state index contributed by atoms with van der Waals surface area (Å²) >= 11 is 0. The normalized spacial score (nSPS) is 11.3. The molecule has 8 nitrogen and oxygen atoms in total. The molecule has 0 aliphatic heterocycles. The van der Waals surface area contributed by atoms with Crippen LogP contribution in [-0.4, -0.2) is 46.7 Å². The topological polar surface area (TPSA) is 110 Å². The van der Waals surface area contributed by atoms with Gasteiger partial charge in [0.15, 0.2) is 0 Å². The van der Waals surface area contributed by atoms with E-state index < -0.39 is 22.0 Å². The minimum absolute atomic E-state index is 0.00266. The zero-order valence-corrected chi connectivity index (χ0v) is 17.2. The van der Waals surface area contributed by atoms with Crippen LogP contribution in [0, 0.1) is 6.92 Å². The van der Waals surface area contributed by atoms with Crippen molar-refractivity contribution in [2.75, 3.05) is 25.6 Å². The lowest BCUT2D eigenvalue weighted by atomic mass is 10.0. The third kappa shape index (κ3) is 4.75. The summed E-state index contributed by atoms with van der Waals surface area (Å²) in [7, 11) is 0.00390. The molecule has 0 fully saturated rings. The lowest BCUT2D eigenvalue weighted by molar-refractivity contribution is -0.131. The Morgan fingerprint density at radius 1 is 1.10 bits per heavy atom. The first-order valence-corrected chi connectivity index (χ1v) is 9.82. The molecule has 2 rings (SSSR count). The van der Waals surface area contributed by atoms with Crippen LogP contribution in [0.15, 0.2) is 47.4 Å². The molecule has 2 aromatic carbocycles. The maximum absolute atomic E-state index is 13.1. The van der Waals surface area contributed by atoms with Gasteiger partial charge in [0.25, 0.3) is 10.0 Å². The maximum Gasteiger partial charge on any atom is 0.340 e. The minimum atomic E-state index is -3.98. The predicted octanol–water partition coefficient (Wildman–Crippen LogP) is 2.71. The number of benzene rings is 2. The number of carbonyl (C=O) groups is 2. The summed E-state index contributed by atoms with van der Waals surface area (Å²) in [5.74, 6) is -1.39. The Kier molecular flexibility index (Phi) is 6.65. The van der Waals surface area contributed by atoms with Gasteiger partial charge < -0.3 is 14.6 Å². The number of hydrogen-bond donors (Lipinski definition) is 1. The van der Waals surface area contributed by atoms with Gasteiger partial charge in [-0.05, 0) is 60.5 Å². The quantitative estimate of drug-likeness (QED) is 0.543. The van der Waals surface area contributed by atoms with E-state index in [-0.39, 0.29) is 16.1 Å². The molecule has 1 N–H and O–H groups in total. The number of sulfonamides is 1. The summed E-state index contributed by atoms with van der Waals surface area (Å²) in [4.78, 5) is 23.1. The molecule has 2 aromatic rings. The second-order valence-corrected chi connectivity index (χ2v) is 8.01. The second-order valence-electron chi connectivity index (χ2n) is 6.05. The van der Waals surface area contributed by atoms with Crippen molar-refractivity contribution in [3.63, 3.8) is 0 Å². The first kappa shape index (κ1) is 22.0. The standard InChI is InChI=1S/C20H21NO7S/c1-13-11-14(5-10-18(22)23)12-17(20(24)28-4)19(13)21(2)29(25,26)16-8-6-15(27-3)7-9-16/h5-12H,1-4H3,(H,22,23). The molecule has 0 heterocycles. The molecule has 0 unspecified atom stereocenters. The number of carboxylic acids is 1. The average Bonchev–Trinajstić information content (AvgIpc) is 2.70. The van der Waals surface area contributed by atoms with Crippen molar-refractivity contribution in [3.05, 3.63) is 59.2 Å². The summed E-state index contributed by atoms with van der Waals surface area (Å²) < 4.78 is 37.0. The van der Waals surface area contributed by atoms with Gasteiger partial charge >= 0.3 is 11.9 Å². The van der Waals surface area contributed by atoms with Crippen LogP contribution in [0.5, 0.6) is 5.75 Å². The molecule has 0 aromatic heterocycles. The summed E-state index contributed by atoms with van der Waals surface area (Å²) in [6, 6.07) is 8.82. The van der Waals surface area contributed by atoms with Gasteiger partial charge in [-0.25, -0.2) is 18.0 Å². The van der Waals surface area contributed by atoms with E-state index in [1.165, 1.54) is 57.7 Å². The Morgan fingerprint density at radius 2 is 1.72 bits per heavy atom. The summed E-state index contributed by atoms with van der Waals surface area (Å²) in [6.45, 7) is 1.62. The van der Waals surface area contributed by atoms with E-state index in [4.69, 9.17) is 14.6 Å². The molecule has 0 saturated heterocycles. The number of ether oxygens (including phenoxy) is 2. The first-order chi connectivity index (χ1) is 13.6. The molecule has 0 saturated carbocycles. The molecule has 0 radical (unpaired) electrons. The predicted molar refractivity (Wildman–Crippen MR) is 108 cm³/mol. The number of aryl methyl sites for hydroxylation is 1. The summed E-state index contributed by atoms with van der Waals surface area (Å²) in [5.41, 5.74) is 1.01. The van der Waals surface area contributed by atoms with Crippen molar-refractivity contribution in [1.82, 2.24) is 0 Å².